The van der Waals surface area contributed by atoms with E-state index in [1.54, 1.807) is 18.2 Å². The molecule has 15 heavy (non-hydrogen) atoms. The molecular weight excluding hydrogens is 327 g/mol. The molecule has 0 atom stereocenters. The molecule has 0 heterocycles. The van der Waals surface area contributed by atoms with Crippen LogP contribution in [-0.4, -0.2) is 15.0 Å². The lowest BCUT2D eigenvalue weighted by atomic mass is 10.3. The van der Waals surface area contributed by atoms with E-state index in [0.29, 0.717) is 6.54 Å². The smallest absolute Gasteiger partial charge is 0.242 e. The lowest BCUT2D eigenvalue weighted by Crippen LogP contribution is -2.25. The van der Waals surface area contributed by atoms with E-state index in [0.717, 1.165) is 9.99 Å². The van der Waals surface area contributed by atoms with E-state index in [4.69, 9.17) is 5.73 Å². The summed E-state index contributed by atoms with van der Waals surface area (Å²) < 4.78 is 26.9. The molecule has 0 aliphatic heterocycles. The summed E-state index contributed by atoms with van der Waals surface area (Å²) in [6.45, 7) is 2.33. The van der Waals surface area contributed by atoms with Crippen molar-refractivity contribution in [3.05, 3.63) is 21.8 Å². The highest BCUT2D eigenvalue weighted by molar-refractivity contribution is 14.1. The van der Waals surface area contributed by atoms with Gasteiger partial charge in [-0.1, -0.05) is 6.92 Å². The number of halogens is 1. The van der Waals surface area contributed by atoms with Crippen LogP contribution >= 0.6 is 22.6 Å². The van der Waals surface area contributed by atoms with Gasteiger partial charge in [-0.05, 0) is 47.2 Å². The highest BCUT2D eigenvalue weighted by atomic mass is 127. The predicted molar refractivity (Wildman–Crippen MR) is 69.1 cm³/mol. The first kappa shape index (κ1) is 12.7. The Kier molecular flexibility index (Phi) is 4.35. The fourth-order valence-corrected chi connectivity index (χ4v) is 3.05. The minimum absolute atomic E-state index is 0.155. The van der Waals surface area contributed by atoms with Gasteiger partial charge < -0.3 is 5.73 Å². The van der Waals surface area contributed by atoms with Crippen molar-refractivity contribution in [2.75, 3.05) is 12.3 Å². The quantitative estimate of drug-likeness (QED) is 0.645. The van der Waals surface area contributed by atoms with E-state index in [1.165, 1.54) is 0 Å². The standard InChI is InChI=1S/C9H13IN2O2S/c1-2-5-12-15(13,14)9-6-7(10)3-4-8(9)11/h3-4,6,12H,2,5,11H2,1H3. The number of hydrogen-bond acceptors (Lipinski definition) is 3. The second-order valence-electron chi connectivity index (χ2n) is 3.08. The molecule has 0 aliphatic carbocycles. The summed E-state index contributed by atoms with van der Waals surface area (Å²) in [5, 5.41) is 0. The fraction of sp³-hybridized carbons (Fsp3) is 0.333. The lowest BCUT2D eigenvalue weighted by Gasteiger charge is -2.08. The van der Waals surface area contributed by atoms with Crippen molar-refractivity contribution in [3.8, 4) is 0 Å². The SMILES string of the molecule is CCCNS(=O)(=O)c1cc(I)ccc1N. The summed E-state index contributed by atoms with van der Waals surface area (Å²) >= 11 is 2.05. The molecule has 6 heteroatoms. The van der Waals surface area contributed by atoms with Crippen molar-refractivity contribution in [1.29, 1.82) is 0 Å². The van der Waals surface area contributed by atoms with E-state index in [1.807, 2.05) is 6.92 Å². The molecule has 0 saturated carbocycles. The Hall–Kier alpha value is -0.340. The molecule has 4 nitrogen and oxygen atoms in total. The van der Waals surface area contributed by atoms with Gasteiger partial charge in [0.15, 0.2) is 0 Å². The highest BCUT2D eigenvalue weighted by Gasteiger charge is 2.16. The molecule has 0 amide bonds. The third-order valence-electron chi connectivity index (χ3n) is 1.81. The van der Waals surface area contributed by atoms with Gasteiger partial charge in [0.25, 0.3) is 0 Å². The van der Waals surface area contributed by atoms with Crippen molar-refractivity contribution >= 4 is 38.3 Å². The summed E-state index contributed by atoms with van der Waals surface area (Å²) in [7, 11) is -3.46. The van der Waals surface area contributed by atoms with Gasteiger partial charge in [-0.2, -0.15) is 0 Å². The van der Waals surface area contributed by atoms with E-state index in [2.05, 4.69) is 27.3 Å². The van der Waals surface area contributed by atoms with Gasteiger partial charge >= 0.3 is 0 Å². The number of anilines is 1. The third kappa shape index (κ3) is 3.32. The Bertz CT molecular complexity index is 445. The van der Waals surface area contributed by atoms with E-state index in [9.17, 15) is 8.42 Å². The van der Waals surface area contributed by atoms with Crippen LogP contribution in [0.5, 0.6) is 0 Å². The summed E-state index contributed by atoms with van der Waals surface area (Å²) in [5.74, 6) is 0. The molecule has 0 radical (unpaired) electrons. The third-order valence-corrected chi connectivity index (χ3v) is 3.99. The Morgan fingerprint density at radius 2 is 2.13 bits per heavy atom. The van der Waals surface area contributed by atoms with Crippen molar-refractivity contribution in [2.24, 2.45) is 0 Å². The molecule has 0 fully saturated rings. The van der Waals surface area contributed by atoms with E-state index >= 15 is 0 Å². The Morgan fingerprint density at radius 3 is 2.73 bits per heavy atom. The first-order valence-corrected chi connectivity index (χ1v) is 7.08. The molecule has 0 unspecified atom stereocenters. The van der Waals surface area contributed by atoms with E-state index < -0.39 is 10.0 Å². The average Bonchev–Trinajstić information content (AvgIpc) is 2.18. The van der Waals surface area contributed by atoms with Crippen molar-refractivity contribution in [2.45, 2.75) is 18.2 Å². The maximum Gasteiger partial charge on any atom is 0.242 e. The summed E-state index contributed by atoms with van der Waals surface area (Å²) in [5.41, 5.74) is 5.90. The highest BCUT2D eigenvalue weighted by Crippen LogP contribution is 2.20. The normalized spacial score (nSPS) is 11.6. The number of sulfonamides is 1. The number of nitrogen functional groups attached to an aromatic ring is 1. The molecule has 0 aliphatic rings. The Balaban J connectivity index is 3.09. The summed E-state index contributed by atoms with van der Waals surface area (Å²) in [4.78, 5) is 0.155. The zero-order chi connectivity index (χ0) is 11.5. The average molecular weight is 340 g/mol. The number of rotatable bonds is 4. The molecule has 3 N–H and O–H groups in total. The fourth-order valence-electron chi connectivity index (χ4n) is 1.06. The van der Waals surface area contributed by atoms with Crippen LogP contribution < -0.4 is 10.5 Å². The van der Waals surface area contributed by atoms with Crippen LogP contribution in [0.1, 0.15) is 13.3 Å². The maximum atomic E-state index is 11.8. The number of nitrogens with one attached hydrogen (secondary N) is 1. The molecule has 0 bridgehead atoms. The molecule has 1 aromatic rings. The van der Waals surface area contributed by atoms with Crippen LogP contribution in [0.15, 0.2) is 23.1 Å². The molecule has 84 valence electrons. The van der Waals surface area contributed by atoms with Gasteiger partial charge in [0.1, 0.15) is 4.90 Å². The lowest BCUT2D eigenvalue weighted by molar-refractivity contribution is 0.581. The monoisotopic (exact) mass is 340 g/mol. The zero-order valence-electron chi connectivity index (χ0n) is 8.33. The second-order valence-corrected chi connectivity index (χ2v) is 6.06. The van der Waals surface area contributed by atoms with Crippen LogP contribution in [0.2, 0.25) is 0 Å². The van der Waals surface area contributed by atoms with Crippen LogP contribution in [-0.2, 0) is 10.0 Å². The van der Waals surface area contributed by atoms with Gasteiger partial charge in [-0.3, -0.25) is 0 Å². The first-order chi connectivity index (χ1) is 6.97. The van der Waals surface area contributed by atoms with Gasteiger partial charge in [0.05, 0.1) is 5.69 Å². The van der Waals surface area contributed by atoms with Gasteiger partial charge in [-0.25, -0.2) is 13.1 Å². The predicted octanol–water partition coefficient (Wildman–Crippen LogP) is 1.56. The molecule has 0 spiro atoms. The first-order valence-electron chi connectivity index (χ1n) is 4.52. The van der Waals surface area contributed by atoms with E-state index in [-0.39, 0.29) is 10.6 Å². The van der Waals surface area contributed by atoms with Gasteiger partial charge in [0.2, 0.25) is 10.0 Å². The molecule has 0 saturated heterocycles. The van der Waals surface area contributed by atoms with Crippen LogP contribution in [0.3, 0.4) is 0 Å². The number of benzene rings is 1. The van der Waals surface area contributed by atoms with Crippen molar-refractivity contribution < 1.29 is 8.42 Å². The second kappa shape index (κ2) is 5.13. The maximum absolute atomic E-state index is 11.8. The minimum atomic E-state index is -3.46. The van der Waals surface area contributed by atoms with Gasteiger partial charge in [0, 0.05) is 10.1 Å². The summed E-state index contributed by atoms with van der Waals surface area (Å²) in [6, 6.07) is 4.94. The molecular formula is C9H13IN2O2S. The number of hydrogen-bond donors (Lipinski definition) is 2. The number of nitrogens with two attached hydrogens (primary N) is 1. The molecule has 0 aromatic heterocycles. The molecule has 1 rings (SSSR count). The topological polar surface area (TPSA) is 72.2 Å². The van der Waals surface area contributed by atoms with Gasteiger partial charge in [-0.15, -0.1) is 0 Å². The van der Waals surface area contributed by atoms with Crippen LogP contribution in [0, 0.1) is 3.57 Å². The Labute approximate surface area is 103 Å². The van der Waals surface area contributed by atoms with Crippen molar-refractivity contribution in [3.63, 3.8) is 0 Å². The van der Waals surface area contributed by atoms with Crippen molar-refractivity contribution in [1.82, 2.24) is 4.72 Å². The largest absolute Gasteiger partial charge is 0.398 e. The minimum Gasteiger partial charge on any atom is -0.398 e. The van der Waals surface area contributed by atoms with Crippen LogP contribution in [0.25, 0.3) is 0 Å². The Morgan fingerprint density at radius 1 is 1.47 bits per heavy atom. The van der Waals surface area contributed by atoms with Crippen LogP contribution in [0.4, 0.5) is 5.69 Å². The zero-order valence-corrected chi connectivity index (χ0v) is 11.3. The summed E-state index contributed by atoms with van der Waals surface area (Å²) in [6.07, 6.45) is 0.753. The molecule has 1 aromatic carbocycles.